The SMILES string of the molecule is COc1cc(C)cc2cc(-c3c(CN4CCOC(C)C4)cn4ncnc(N)c34)sc12. The maximum Gasteiger partial charge on any atom is 0.152 e. The lowest BCUT2D eigenvalue weighted by Gasteiger charge is -2.31. The molecule has 0 aliphatic carbocycles. The Hall–Kier alpha value is -2.68. The molecule has 1 fully saturated rings. The highest BCUT2D eigenvalue weighted by atomic mass is 32.1. The Bertz CT molecular complexity index is 1230. The number of aromatic nitrogens is 3. The predicted octanol–water partition coefficient (Wildman–Crippen LogP) is 3.73. The normalized spacial score (nSPS) is 17.8. The zero-order valence-corrected chi connectivity index (χ0v) is 18.2. The average molecular weight is 424 g/mol. The fraction of sp³-hybridized carbons (Fsp3) is 0.364. The molecular formula is C22H25N5O2S. The molecule has 0 amide bonds. The van der Waals surface area contributed by atoms with E-state index in [1.165, 1.54) is 22.8 Å². The van der Waals surface area contributed by atoms with Gasteiger partial charge in [0, 0.05) is 36.3 Å². The van der Waals surface area contributed by atoms with E-state index in [0.29, 0.717) is 5.82 Å². The van der Waals surface area contributed by atoms with Gasteiger partial charge in [0.25, 0.3) is 0 Å². The molecule has 156 valence electrons. The highest BCUT2D eigenvalue weighted by molar-refractivity contribution is 7.22. The molecule has 0 bridgehead atoms. The number of nitrogens with two attached hydrogens (primary N) is 1. The van der Waals surface area contributed by atoms with E-state index in [-0.39, 0.29) is 6.10 Å². The molecule has 0 radical (unpaired) electrons. The second-order valence-electron chi connectivity index (χ2n) is 7.88. The van der Waals surface area contributed by atoms with E-state index in [0.717, 1.165) is 52.6 Å². The molecule has 1 aromatic carbocycles. The van der Waals surface area contributed by atoms with Gasteiger partial charge in [-0.15, -0.1) is 11.3 Å². The van der Waals surface area contributed by atoms with Crippen molar-refractivity contribution in [2.24, 2.45) is 0 Å². The predicted molar refractivity (Wildman–Crippen MR) is 120 cm³/mol. The second kappa shape index (κ2) is 7.54. The first-order valence-electron chi connectivity index (χ1n) is 10.1. The molecule has 4 aromatic rings. The van der Waals surface area contributed by atoms with Gasteiger partial charge in [-0.1, -0.05) is 6.07 Å². The smallest absolute Gasteiger partial charge is 0.152 e. The van der Waals surface area contributed by atoms with Crippen molar-refractivity contribution in [1.29, 1.82) is 0 Å². The summed E-state index contributed by atoms with van der Waals surface area (Å²) >= 11 is 1.72. The minimum absolute atomic E-state index is 0.237. The van der Waals surface area contributed by atoms with Crippen molar-refractivity contribution in [3.63, 3.8) is 0 Å². The van der Waals surface area contributed by atoms with Crippen molar-refractivity contribution in [2.75, 3.05) is 32.5 Å². The Labute approximate surface area is 179 Å². The quantitative estimate of drug-likeness (QED) is 0.539. The lowest BCUT2D eigenvalue weighted by atomic mass is 10.1. The van der Waals surface area contributed by atoms with Crippen molar-refractivity contribution >= 4 is 32.8 Å². The Morgan fingerprint density at radius 1 is 1.33 bits per heavy atom. The van der Waals surface area contributed by atoms with Crippen LogP contribution < -0.4 is 10.5 Å². The Morgan fingerprint density at radius 3 is 3.00 bits per heavy atom. The van der Waals surface area contributed by atoms with Crippen molar-refractivity contribution in [2.45, 2.75) is 26.5 Å². The van der Waals surface area contributed by atoms with Crippen LogP contribution in [-0.4, -0.2) is 52.4 Å². The number of rotatable bonds is 4. The minimum Gasteiger partial charge on any atom is -0.495 e. The highest BCUT2D eigenvalue weighted by Crippen LogP contribution is 2.43. The van der Waals surface area contributed by atoms with E-state index in [4.69, 9.17) is 15.2 Å². The number of nitrogen functional groups attached to an aromatic ring is 1. The van der Waals surface area contributed by atoms with Crippen LogP contribution in [0.2, 0.25) is 0 Å². The Balaban J connectivity index is 1.68. The van der Waals surface area contributed by atoms with Crippen molar-refractivity contribution in [3.8, 4) is 16.2 Å². The number of thiophene rings is 1. The van der Waals surface area contributed by atoms with Crippen molar-refractivity contribution in [3.05, 3.63) is 41.9 Å². The number of fused-ring (bicyclic) bond motifs is 2. The molecule has 1 unspecified atom stereocenters. The van der Waals surface area contributed by atoms with E-state index in [1.807, 2.05) is 4.52 Å². The fourth-order valence-electron chi connectivity index (χ4n) is 4.29. The molecule has 0 saturated carbocycles. The molecule has 1 atom stereocenters. The maximum atomic E-state index is 6.31. The van der Waals surface area contributed by atoms with Crippen LogP contribution in [0.1, 0.15) is 18.1 Å². The third-order valence-corrected chi connectivity index (χ3v) is 6.78. The topological polar surface area (TPSA) is 77.9 Å². The summed E-state index contributed by atoms with van der Waals surface area (Å²) in [5.41, 5.74) is 10.6. The highest BCUT2D eigenvalue weighted by Gasteiger charge is 2.23. The van der Waals surface area contributed by atoms with E-state index >= 15 is 0 Å². The Morgan fingerprint density at radius 2 is 2.20 bits per heavy atom. The molecular weight excluding hydrogens is 398 g/mol. The molecule has 5 rings (SSSR count). The molecule has 1 saturated heterocycles. The minimum atomic E-state index is 0.237. The second-order valence-corrected chi connectivity index (χ2v) is 8.93. The molecule has 1 aliphatic heterocycles. The molecule has 7 nitrogen and oxygen atoms in total. The lowest BCUT2D eigenvalue weighted by Crippen LogP contribution is -2.40. The summed E-state index contributed by atoms with van der Waals surface area (Å²) in [6, 6.07) is 6.50. The summed E-state index contributed by atoms with van der Waals surface area (Å²) in [7, 11) is 1.72. The van der Waals surface area contributed by atoms with Gasteiger partial charge < -0.3 is 15.2 Å². The molecule has 2 N–H and O–H groups in total. The van der Waals surface area contributed by atoms with Crippen LogP contribution in [-0.2, 0) is 11.3 Å². The number of hydrogen-bond donors (Lipinski definition) is 1. The zero-order valence-electron chi connectivity index (χ0n) is 17.4. The summed E-state index contributed by atoms with van der Waals surface area (Å²) in [5.74, 6) is 1.39. The number of anilines is 1. The van der Waals surface area contributed by atoms with Crippen LogP contribution in [0.3, 0.4) is 0 Å². The van der Waals surface area contributed by atoms with Crippen LogP contribution in [0, 0.1) is 6.92 Å². The molecule has 0 spiro atoms. The monoisotopic (exact) mass is 423 g/mol. The molecule has 30 heavy (non-hydrogen) atoms. The van der Waals surface area contributed by atoms with E-state index < -0.39 is 0 Å². The molecule has 4 heterocycles. The van der Waals surface area contributed by atoms with E-state index in [1.54, 1.807) is 18.4 Å². The molecule has 3 aromatic heterocycles. The van der Waals surface area contributed by atoms with Gasteiger partial charge >= 0.3 is 0 Å². The molecule has 8 heteroatoms. The van der Waals surface area contributed by atoms with Crippen molar-refractivity contribution < 1.29 is 9.47 Å². The first-order chi connectivity index (χ1) is 14.5. The van der Waals surface area contributed by atoms with Crippen LogP contribution in [0.15, 0.2) is 30.7 Å². The van der Waals surface area contributed by atoms with Gasteiger partial charge in [0.1, 0.15) is 17.6 Å². The summed E-state index contributed by atoms with van der Waals surface area (Å²) in [5, 5.41) is 5.59. The maximum absolute atomic E-state index is 6.31. The first kappa shape index (κ1) is 19.3. The summed E-state index contributed by atoms with van der Waals surface area (Å²) in [4.78, 5) is 7.83. The van der Waals surface area contributed by atoms with Crippen LogP contribution in [0.4, 0.5) is 5.82 Å². The average Bonchev–Trinajstić information content (AvgIpc) is 3.28. The number of benzene rings is 1. The van der Waals surface area contributed by atoms with E-state index in [9.17, 15) is 0 Å². The van der Waals surface area contributed by atoms with Crippen LogP contribution >= 0.6 is 11.3 Å². The standard InChI is InChI=1S/C22H25N5O2S/c1-13-6-15-8-18(30-21(15)17(7-13)28-3)19-16(10-26-4-5-29-14(2)9-26)11-27-20(19)22(23)24-12-25-27/h6-8,11-12,14H,4-5,9-10H2,1-3H3,(H2,23,24,25). The van der Waals surface area contributed by atoms with Gasteiger partial charge in [-0.05, 0) is 42.5 Å². The van der Waals surface area contributed by atoms with Gasteiger partial charge in [0.15, 0.2) is 5.82 Å². The van der Waals surface area contributed by atoms with Crippen molar-refractivity contribution in [1.82, 2.24) is 19.5 Å². The third-order valence-electron chi connectivity index (χ3n) is 5.59. The number of hydrogen-bond acceptors (Lipinski definition) is 7. The number of methoxy groups -OCH3 is 1. The van der Waals surface area contributed by atoms with E-state index in [2.05, 4.69) is 53.2 Å². The summed E-state index contributed by atoms with van der Waals surface area (Å²) in [6.45, 7) is 7.60. The first-order valence-corrected chi connectivity index (χ1v) is 10.9. The number of aryl methyl sites for hydroxylation is 1. The Kier molecular flexibility index (Phi) is 4.85. The third kappa shape index (κ3) is 3.30. The number of morpholine rings is 1. The van der Waals surface area contributed by atoms with Gasteiger partial charge in [-0.2, -0.15) is 5.10 Å². The number of nitrogens with zero attached hydrogens (tertiary/aromatic N) is 4. The zero-order chi connectivity index (χ0) is 20.8. The molecule has 1 aliphatic rings. The van der Waals surface area contributed by atoms with Gasteiger partial charge in [-0.25, -0.2) is 9.50 Å². The summed E-state index contributed by atoms with van der Waals surface area (Å²) < 4.78 is 14.4. The van der Waals surface area contributed by atoms with Gasteiger partial charge in [0.2, 0.25) is 0 Å². The largest absolute Gasteiger partial charge is 0.495 e. The summed E-state index contributed by atoms with van der Waals surface area (Å²) in [6.07, 6.45) is 3.82. The fourth-order valence-corrected chi connectivity index (χ4v) is 5.51. The number of ether oxygens (including phenoxy) is 2. The van der Waals surface area contributed by atoms with Crippen LogP contribution in [0.5, 0.6) is 5.75 Å². The van der Waals surface area contributed by atoms with Gasteiger partial charge in [-0.3, -0.25) is 4.90 Å². The lowest BCUT2D eigenvalue weighted by molar-refractivity contribution is -0.0211. The van der Waals surface area contributed by atoms with Gasteiger partial charge in [0.05, 0.1) is 24.5 Å². The van der Waals surface area contributed by atoms with Crippen LogP contribution in [0.25, 0.3) is 26.0 Å².